The number of carbonyl (C=O) groups excluding carboxylic acids is 1. The maximum absolute atomic E-state index is 12.7. The van der Waals surface area contributed by atoms with Gasteiger partial charge in [0.1, 0.15) is 10.4 Å². The van der Waals surface area contributed by atoms with Gasteiger partial charge in [-0.1, -0.05) is 12.5 Å². The van der Waals surface area contributed by atoms with E-state index in [0.717, 1.165) is 28.4 Å². The van der Waals surface area contributed by atoms with Crippen molar-refractivity contribution in [3.05, 3.63) is 22.3 Å². The Morgan fingerprint density at radius 3 is 2.88 bits per heavy atom. The zero-order valence-corrected chi connectivity index (χ0v) is 16.9. The molecule has 5 atom stereocenters. The fourth-order valence-corrected chi connectivity index (χ4v) is 5.98. The molecule has 4 aliphatic rings. The number of aromatic nitrogens is 1. The Kier molecular flexibility index (Phi) is 4.14. The Hall–Kier alpha value is -0.980. The second-order valence-electron chi connectivity index (χ2n) is 8.98. The third kappa shape index (κ3) is 3.00. The van der Waals surface area contributed by atoms with Gasteiger partial charge in [-0.25, -0.2) is 4.98 Å². The van der Waals surface area contributed by atoms with Crippen molar-refractivity contribution in [1.82, 2.24) is 15.2 Å². The fourth-order valence-electron chi connectivity index (χ4n) is 5.67. The molecule has 0 bridgehead atoms. The van der Waals surface area contributed by atoms with Crippen LogP contribution in [0.15, 0.2) is 16.7 Å². The number of amides is 1. The van der Waals surface area contributed by atoms with Crippen molar-refractivity contribution in [2.24, 2.45) is 17.3 Å². The summed E-state index contributed by atoms with van der Waals surface area (Å²) in [4.78, 5) is 19.8. The molecule has 5 rings (SSSR count). The molecular weight excluding hydrogens is 392 g/mol. The first-order chi connectivity index (χ1) is 12.5. The first kappa shape index (κ1) is 17.1. The highest BCUT2D eigenvalue weighted by molar-refractivity contribution is 9.10. The van der Waals surface area contributed by atoms with Gasteiger partial charge in [0.05, 0.1) is 6.04 Å². The molecule has 140 valence electrons. The van der Waals surface area contributed by atoms with Crippen LogP contribution in [0.4, 0.5) is 5.82 Å². The first-order valence-electron chi connectivity index (χ1n) is 9.95. The minimum absolute atomic E-state index is 0.0589. The molecule has 5 nitrogen and oxygen atoms in total. The van der Waals surface area contributed by atoms with Crippen LogP contribution in [0.1, 0.15) is 37.7 Å². The van der Waals surface area contributed by atoms with Gasteiger partial charge < -0.3 is 15.5 Å². The van der Waals surface area contributed by atoms with Crippen LogP contribution in [0.3, 0.4) is 0 Å². The number of nitrogens with one attached hydrogen (secondary N) is 2. The largest absolute Gasteiger partial charge is 0.309 e. The van der Waals surface area contributed by atoms with Crippen molar-refractivity contribution in [3.63, 3.8) is 0 Å². The summed E-state index contributed by atoms with van der Waals surface area (Å²) in [7, 11) is 0. The van der Waals surface area contributed by atoms with E-state index in [1.165, 1.54) is 45.3 Å². The summed E-state index contributed by atoms with van der Waals surface area (Å²) < 4.78 is 0.747. The number of carbonyl (C=O) groups is 1. The van der Waals surface area contributed by atoms with E-state index < -0.39 is 0 Å². The molecule has 0 aromatic carbocycles. The summed E-state index contributed by atoms with van der Waals surface area (Å²) in [5.74, 6) is 2.61. The fraction of sp³-hybridized carbons (Fsp3) is 0.700. The minimum Gasteiger partial charge on any atom is -0.309 e. The zero-order valence-electron chi connectivity index (χ0n) is 15.3. The van der Waals surface area contributed by atoms with E-state index >= 15 is 0 Å². The zero-order chi connectivity index (χ0) is 17.9. The Morgan fingerprint density at radius 2 is 2.12 bits per heavy atom. The van der Waals surface area contributed by atoms with Crippen LogP contribution in [0.5, 0.6) is 0 Å². The molecule has 1 aromatic rings. The summed E-state index contributed by atoms with van der Waals surface area (Å²) in [6.07, 6.45) is 6.49. The van der Waals surface area contributed by atoms with E-state index in [9.17, 15) is 4.79 Å². The van der Waals surface area contributed by atoms with E-state index in [0.29, 0.717) is 17.3 Å². The Labute approximate surface area is 163 Å². The maximum Gasteiger partial charge on any atom is 0.242 e. The molecule has 1 amide bonds. The number of rotatable bonds is 4. The summed E-state index contributed by atoms with van der Waals surface area (Å²) in [6.45, 7) is 5.73. The van der Waals surface area contributed by atoms with Crippen LogP contribution in [-0.4, -0.2) is 47.5 Å². The monoisotopic (exact) mass is 418 g/mol. The Balaban J connectivity index is 1.19. The summed E-state index contributed by atoms with van der Waals surface area (Å²) in [5.41, 5.74) is 1.32. The normalized spacial score (nSPS) is 38.2. The highest BCUT2D eigenvalue weighted by atomic mass is 79.9. The lowest BCUT2D eigenvalue weighted by Gasteiger charge is -2.23. The van der Waals surface area contributed by atoms with Gasteiger partial charge in [-0.15, -0.1) is 0 Å². The van der Waals surface area contributed by atoms with Gasteiger partial charge in [-0.05, 0) is 72.0 Å². The lowest BCUT2D eigenvalue weighted by molar-refractivity contribution is -0.118. The van der Waals surface area contributed by atoms with Gasteiger partial charge in [-0.2, -0.15) is 0 Å². The number of fused-ring (bicyclic) bond motifs is 2. The number of hydrogen-bond acceptors (Lipinski definition) is 4. The standard InChI is InChI=1S/C20H27BrN4O/c1-12-5-6-17(21)23-18(12)24-19(26)15-7-20(8-16(20)22-15)11-25-9-13-3-2-4-14(13)10-25/h5-6,13-16,22H,2-4,7-11H2,1H3,(H,23,24,26). The van der Waals surface area contributed by atoms with Gasteiger partial charge in [0.15, 0.2) is 0 Å². The number of likely N-dealkylation sites (tertiary alicyclic amines) is 1. The van der Waals surface area contributed by atoms with Gasteiger partial charge in [0.2, 0.25) is 5.91 Å². The predicted molar refractivity (Wildman–Crippen MR) is 105 cm³/mol. The molecule has 2 saturated heterocycles. The summed E-state index contributed by atoms with van der Waals surface area (Å²) in [6, 6.07) is 4.30. The van der Waals surface area contributed by atoms with Crippen molar-refractivity contribution >= 4 is 27.7 Å². The van der Waals surface area contributed by atoms with Crippen molar-refractivity contribution in [3.8, 4) is 0 Å². The van der Waals surface area contributed by atoms with Crippen LogP contribution in [0.2, 0.25) is 0 Å². The van der Waals surface area contributed by atoms with Crippen molar-refractivity contribution in [2.75, 3.05) is 25.0 Å². The summed E-state index contributed by atoms with van der Waals surface area (Å²) in [5, 5.41) is 6.59. The molecule has 4 fully saturated rings. The molecule has 3 heterocycles. The average molecular weight is 419 g/mol. The number of pyridine rings is 1. The second-order valence-corrected chi connectivity index (χ2v) is 9.79. The van der Waals surface area contributed by atoms with Gasteiger partial charge in [0, 0.05) is 31.1 Å². The van der Waals surface area contributed by atoms with E-state index in [2.05, 4.69) is 36.4 Å². The number of hydrogen-bond donors (Lipinski definition) is 2. The highest BCUT2D eigenvalue weighted by Gasteiger charge is 2.62. The topological polar surface area (TPSA) is 57.3 Å². The second kappa shape index (κ2) is 6.28. The first-order valence-corrected chi connectivity index (χ1v) is 10.7. The highest BCUT2D eigenvalue weighted by Crippen LogP contribution is 2.56. The quantitative estimate of drug-likeness (QED) is 0.737. The van der Waals surface area contributed by atoms with Crippen molar-refractivity contribution < 1.29 is 4.79 Å². The number of nitrogens with zero attached hydrogens (tertiary/aromatic N) is 2. The van der Waals surface area contributed by atoms with Crippen LogP contribution in [-0.2, 0) is 4.79 Å². The van der Waals surface area contributed by atoms with Crippen LogP contribution in [0, 0.1) is 24.2 Å². The van der Waals surface area contributed by atoms with E-state index in [1.54, 1.807) is 0 Å². The summed E-state index contributed by atoms with van der Waals surface area (Å²) >= 11 is 3.38. The average Bonchev–Trinajstić information content (AvgIpc) is 2.96. The van der Waals surface area contributed by atoms with E-state index in [1.807, 2.05) is 19.1 Å². The lowest BCUT2D eigenvalue weighted by Crippen LogP contribution is -2.38. The molecular formula is C20H27BrN4O. The maximum atomic E-state index is 12.7. The molecule has 2 aliphatic heterocycles. The number of anilines is 1. The lowest BCUT2D eigenvalue weighted by atomic mass is 9.98. The van der Waals surface area contributed by atoms with Crippen molar-refractivity contribution in [1.29, 1.82) is 0 Å². The smallest absolute Gasteiger partial charge is 0.242 e. The molecule has 6 heteroatoms. The minimum atomic E-state index is -0.0870. The Morgan fingerprint density at radius 1 is 1.35 bits per heavy atom. The van der Waals surface area contributed by atoms with Crippen LogP contribution >= 0.6 is 15.9 Å². The molecule has 0 spiro atoms. The van der Waals surface area contributed by atoms with E-state index in [-0.39, 0.29) is 11.9 Å². The number of piperidine rings is 1. The number of aryl methyl sites for hydroxylation is 1. The van der Waals surface area contributed by atoms with Crippen molar-refractivity contribution in [2.45, 2.75) is 51.1 Å². The molecule has 1 aromatic heterocycles. The van der Waals surface area contributed by atoms with Crippen LogP contribution in [0.25, 0.3) is 0 Å². The van der Waals surface area contributed by atoms with Gasteiger partial charge in [0.25, 0.3) is 0 Å². The van der Waals surface area contributed by atoms with Gasteiger partial charge in [-0.3, -0.25) is 4.79 Å². The molecule has 26 heavy (non-hydrogen) atoms. The van der Waals surface area contributed by atoms with Crippen LogP contribution < -0.4 is 10.6 Å². The predicted octanol–water partition coefficient (Wildman–Crippen LogP) is 2.94. The third-order valence-electron chi connectivity index (χ3n) is 7.16. The molecule has 2 saturated carbocycles. The molecule has 2 N–H and O–H groups in total. The number of halogens is 1. The molecule has 2 aliphatic carbocycles. The molecule has 5 unspecified atom stereocenters. The van der Waals surface area contributed by atoms with Gasteiger partial charge >= 0.3 is 0 Å². The molecule has 0 radical (unpaired) electrons. The van der Waals surface area contributed by atoms with E-state index in [4.69, 9.17) is 0 Å². The third-order valence-corrected chi connectivity index (χ3v) is 7.61. The Bertz CT molecular complexity index is 729. The SMILES string of the molecule is Cc1ccc(Br)nc1NC(=O)C1CC2(CN3CC4CCCC4C3)CC2N1.